The van der Waals surface area contributed by atoms with Crippen LogP contribution in [0.3, 0.4) is 0 Å². The third kappa shape index (κ3) is 2.48. The highest BCUT2D eigenvalue weighted by Crippen LogP contribution is 2.52. The van der Waals surface area contributed by atoms with Crippen LogP contribution in [0.15, 0.2) is 0 Å². The third-order valence-corrected chi connectivity index (χ3v) is 4.31. The summed E-state index contributed by atoms with van der Waals surface area (Å²) in [6.45, 7) is 14.2. The highest BCUT2D eigenvalue weighted by molar-refractivity contribution is 7.81. The summed E-state index contributed by atoms with van der Waals surface area (Å²) in [5.74, 6) is 1.61. The first kappa shape index (κ1) is 12.4. The summed E-state index contributed by atoms with van der Waals surface area (Å²) in [6.07, 6.45) is 2.66. The van der Waals surface area contributed by atoms with Crippen molar-refractivity contribution in [3.8, 4) is 0 Å². The fourth-order valence-electron chi connectivity index (χ4n) is 3.13. The number of rotatable bonds is 0. The molecule has 0 aromatic carbocycles. The molecule has 84 valence electrons. The highest BCUT2D eigenvalue weighted by atomic mass is 32.1. The quantitative estimate of drug-likeness (QED) is 0.568. The van der Waals surface area contributed by atoms with Crippen LogP contribution in [-0.4, -0.2) is 5.25 Å². The van der Waals surface area contributed by atoms with Crippen molar-refractivity contribution >= 4 is 12.6 Å². The Kier molecular flexibility index (Phi) is 3.31. The normalized spacial score (nSPS) is 34.9. The molecule has 0 spiro atoms. The van der Waals surface area contributed by atoms with Crippen molar-refractivity contribution in [3.05, 3.63) is 0 Å². The van der Waals surface area contributed by atoms with Gasteiger partial charge in [0.2, 0.25) is 0 Å². The Hall–Kier alpha value is 0.350. The summed E-state index contributed by atoms with van der Waals surface area (Å²) < 4.78 is 0. The SMILES string of the molecule is CC(C)(C)C1CCC(S)C1C(C)(C)C. The summed E-state index contributed by atoms with van der Waals surface area (Å²) in [4.78, 5) is 0. The van der Waals surface area contributed by atoms with Gasteiger partial charge in [-0.25, -0.2) is 0 Å². The number of hydrogen-bond acceptors (Lipinski definition) is 1. The Balaban J connectivity index is 2.88. The molecular weight excluding hydrogens is 188 g/mol. The standard InChI is InChI=1S/C13H26S/c1-12(2,3)9-7-8-10(14)11(9)13(4,5)6/h9-11,14H,7-8H2,1-6H3. The smallest absolute Gasteiger partial charge is 0.00530 e. The second-order valence-electron chi connectivity index (χ2n) is 7.01. The lowest BCUT2D eigenvalue weighted by Gasteiger charge is -2.41. The van der Waals surface area contributed by atoms with Gasteiger partial charge in [0, 0.05) is 5.25 Å². The summed E-state index contributed by atoms with van der Waals surface area (Å²) in [6, 6.07) is 0. The molecule has 0 radical (unpaired) electrons. The molecule has 0 amide bonds. The molecule has 0 saturated heterocycles. The summed E-state index contributed by atoms with van der Waals surface area (Å²) in [7, 11) is 0. The van der Waals surface area contributed by atoms with Gasteiger partial charge in [-0.1, -0.05) is 41.5 Å². The maximum atomic E-state index is 4.77. The minimum Gasteiger partial charge on any atom is -0.176 e. The van der Waals surface area contributed by atoms with Gasteiger partial charge in [0.05, 0.1) is 0 Å². The van der Waals surface area contributed by atoms with Gasteiger partial charge in [0.1, 0.15) is 0 Å². The van der Waals surface area contributed by atoms with Gasteiger partial charge in [-0.2, -0.15) is 12.6 Å². The third-order valence-electron chi connectivity index (χ3n) is 3.73. The van der Waals surface area contributed by atoms with Gasteiger partial charge in [-0.3, -0.25) is 0 Å². The number of thiol groups is 1. The second kappa shape index (κ2) is 3.73. The fourth-order valence-corrected chi connectivity index (χ4v) is 3.93. The number of hydrogen-bond donors (Lipinski definition) is 1. The van der Waals surface area contributed by atoms with Gasteiger partial charge in [0.15, 0.2) is 0 Å². The van der Waals surface area contributed by atoms with Gasteiger partial charge < -0.3 is 0 Å². The van der Waals surface area contributed by atoms with E-state index in [2.05, 4.69) is 41.5 Å². The molecule has 0 aromatic heterocycles. The van der Waals surface area contributed by atoms with E-state index in [4.69, 9.17) is 12.6 Å². The van der Waals surface area contributed by atoms with Crippen LogP contribution in [0.1, 0.15) is 54.4 Å². The molecule has 0 aliphatic heterocycles. The van der Waals surface area contributed by atoms with Crippen molar-refractivity contribution in [2.75, 3.05) is 0 Å². The van der Waals surface area contributed by atoms with E-state index < -0.39 is 0 Å². The zero-order chi connectivity index (χ0) is 11.1. The lowest BCUT2D eigenvalue weighted by atomic mass is 9.66. The van der Waals surface area contributed by atoms with Crippen LogP contribution >= 0.6 is 12.6 Å². The molecule has 1 rings (SSSR count). The van der Waals surface area contributed by atoms with E-state index in [0.717, 1.165) is 11.8 Å². The molecule has 14 heavy (non-hydrogen) atoms. The maximum Gasteiger partial charge on any atom is 0.00530 e. The molecule has 1 saturated carbocycles. The van der Waals surface area contributed by atoms with Crippen LogP contribution in [0.2, 0.25) is 0 Å². The molecule has 0 bridgehead atoms. The molecule has 0 heterocycles. The average Bonchev–Trinajstić information content (AvgIpc) is 2.27. The average molecular weight is 214 g/mol. The highest BCUT2D eigenvalue weighted by Gasteiger charge is 2.45. The molecule has 3 unspecified atom stereocenters. The lowest BCUT2D eigenvalue weighted by molar-refractivity contribution is 0.102. The van der Waals surface area contributed by atoms with Crippen molar-refractivity contribution in [3.63, 3.8) is 0 Å². The van der Waals surface area contributed by atoms with Gasteiger partial charge >= 0.3 is 0 Å². The largest absolute Gasteiger partial charge is 0.176 e. The van der Waals surface area contributed by atoms with Crippen molar-refractivity contribution in [2.24, 2.45) is 22.7 Å². The van der Waals surface area contributed by atoms with E-state index >= 15 is 0 Å². The van der Waals surface area contributed by atoms with Gasteiger partial charge in [-0.05, 0) is 35.5 Å². The Morgan fingerprint density at radius 1 is 0.857 bits per heavy atom. The topological polar surface area (TPSA) is 0 Å². The monoisotopic (exact) mass is 214 g/mol. The van der Waals surface area contributed by atoms with Gasteiger partial charge in [-0.15, -0.1) is 0 Å². The van der Waals surface area contributed by atoms with Crippen LogP contribution in [0.25, 0.3) is 0 Å². The molecule has 3 atom stereocenters. The van der Waals surface area contributed by atoms with Crippen LogP contribution in [0.4, 0.5) is 0 Å². The van der Waals surface area contributed by atoms with E-state index in [0.29, 0.717) is 16.1 Å². The predicted molar refractivity (Wildman–Crippen MR) is 67.9 cm³/mol. The maximum absolute atomic E-state index is 4.77. The Morgan fingerprint density at radius 3 is 1.64 bits per heavy atom. The minimum absolute atomic E-state index is 0.404. The van der Waals surface area contributed by atoms with Crippen LogP contribution < -0.4 is 0 Å². The van der Waals surface area contributed by atoms with Crippen LogP contribution in [0, 0.1) is 22.7 Å². The zero-order valence-corrected chi connectivity index (χ0v) is 11.5. The van der Waals surface area contributed by atoms with Gasteiger partial charge in [0.25, 0.3) is 0 Å². The van der Waals surface area contributed by atoms with E-state index in [1.807, 2.05) is 0 Å². The predicted octanol–water partition coefficient (Wildman–Crippen LogP) is 4.40. The molecule has 0 aromatic rings. The molecule has 1 heteroatoms. The van der Waals surface area contributed by atoms with Crippen molar-refractivity contribution in [1.29, 1.82) is 0 Å². The minimum atomic E-state index is 0.404. The second-order valence-corrected chi connectivity index (χ2v) is 7.67. The first-order valence-corrected chi connectivity index (χ1v) is 6.34. The van der Waals surface area contributed by atoms with E-state index in [-0.39, 0.29) is 0 Å². The van der Waals surface area contributed by atoms with Crippen molar-refractivity contribution < 1.29 is 0 Å². The Morgan fingerprint density at radius 2 is 1.36 bits per heavy atom. The first-order chi connectivity index (χ1) is 6.14. The van der Waals surface area contributed by atoms with E-state index in [1.54, 1.807) is 0 Å². The van der Waals surface area contributed by atoms with Crippen LogP contribution in [0.5, 0.6) is 0 Å². The lowest BCUT2D eigenvalue weighted by Crippen LogP contribution is -2.35. The molecule has 1 aliphatic carbocycles. The van der Waals surface area contributed by atoms with E-state index in [1.165, 1.54) is 12.8 Å². The first-order valence-electron chi connectivity index (χ1n) is 5.82. The summed E-state index contributed by atoms with van der Waals surface area (Å²) in [5.41, 5.74) is 0.844. The summed E-state index contributed by atoms with van der Waals surface area (Å²) in [5, 5.41) is 0.610. The zero-order valence-electron chi connectivity index (χ0n) is 10.6. The molecule has 1 fully saturated rings. The van der Waals surface area contributed by atoms with Crippen LogP contribution in [-0.2, 0) is 0 Å². The molecule has 1 aliphatic rings. The molecule has 0 N–H and O–H groups in total. The van der Waals surface area contributed by atoms with Crippen molar-refractivity contribution in [2.45, 2.75) is 59.6 Å². The van der Waals surface area contributed by atoms with Crippen molar-refractivity contribution in [1.82, 2.24) is 0 Å². The molecular formula is C13H26S. The Labute approximate surface area is 95.3 Å². The summed E-state index contributed by atoms with van der Waals surface area (Å²) >= 11 is 4.77. The Bertz CT molecular complexity index is 194. The molecule has 0 nitrogen and oxygen atoms in total. The van der Waals surface area contributed by atoms with E-state index in [9.17, 15) is 0 Å². The fraction of sp³-hybridized carbons (Fsp3) is 1.00.